The average molecular weight is 566 g/mol. The summed E-state index contributed by atoms with van der Waals surface area (Å²) in [5, 5.41) is 3.44. The lowest BCUT2D eigenvalue weighted by molar-refractivity contribution is 0.0697. The highest BCUT2D eigenvalue weighted by Crippen LogP contribution is 2.49. The van der Waals surface area contributed by atoms with Crippen LogP contribution in [-0.2, 0) is 27.7 Å². The van der Waals surface area contributed by atoms with E-state index in [4.69, 9.17) is 16.3 Å². The molecule has 0 unspecified atom stereocenters. The van der Waals surface area contributed by atoms with Crippen molar-refractivity contribution in [3.63, 3.8) is 0 Å². The quantitative estimate of drug-likeness (QED) is 0.393. The van der Waals surface area contributed by atoms with E-state index in [-0.39, 0.29) is 36.5 Å². The Labute approximate surface area is 229 Å². The molecule has 38 heavy (non-hydrogen) atoms. The number of halogens is 1. The first-order valence-electron chi connectivity index (χ1n) is 12.7. The van der Waals surface area contributed by atoms with Crippen LogP contribution in [0.25, 0.3) is 0 Å². The molecule has 0 saturated heterocycles. The molecule has 2 aliphatic rings. The van der Waals surface area contributed by atoms with E-state index in [0.29, 0.717) is 50.7 Å². The van der Waals surface area contributed by atoms with Gasteiger partial charge in [-0.2, -0.15) is 0 Å². The Morgan fingerprint density at radius 1 is 1.21 bits per heavy atom. The predicted molar refractivity (Wildman–Crippen MR) is 145 cm³/mol. The van der Waals surface area contributed by atoms with Crippen molar-refractivity contribution < 1.29 is 22.7 Å². The summed E-state index contributed by atoms with van der Waals surface area (Å²) in [6, 6.07) is 7.15. The van der Waals surface area contributed by atoms with E-state index in [0.717, 1.165) is 5.56 Å². The minimum Gasteiger partial charge on any atom is -0.379 e. The minimum absolute atomic E-state index is 0.0974. The second-order valence-corrected chi connectivity index (χ2v) is 14.4. The number of imidazole rings is 1. The highest BCUT2D eigenvalue weighted by Gasteiger charge is 2.61. The number of hydrogen-bond acceptors (Lipinski definition) is 7. The second kappa shape index (κ2) is 11.0. The SMILES string of the molecule is CN(C)CCOCC(C)(C)S(=O)(=O)C1(CN2CCn3c(cnc3C(=O)NCc3ccc(Cl)cc3)C2=O)CC1. The molecule has 1 aliphatic carbocycles. The number of fused-ring (bicyclic) bond motifs is 1. The van der Waals surface area contributed by atoms with E-state index in [2.05, 4.69) is 10.3 Å². The molecular weight excluding hydrogens is 530 g/mol. The van der Waals surface area contributed by atoms with Gasteiger partial charge in [-0.1, -0.05) is 23.7 Å². The monoisotopic (exact) mass is 565 g/mol. The first kappa shape index (κ1) is 28.5. The molecule has 2 aromatic rings. The van der Waals surface area contributed by atoms with Gasteiger partial charge in [0.25, 0.3) is 11.8 Å². The molecule has 1 fully saturated rings. The molecule has 208 valence electrons. The molecule has 0 spiro atoms. The fourth-order valence-electron chi connectivity index (χ4n) is 4.68. The van der Waals surface area contributed by atoms with Crippen LogP contribution >= 0.6 is 11.6 Å². The number of likely N-dealkylation sites (N-methyl/N-ethyl adjacent to an activating group) is 1. The lowest BCUT2D eigenvalue weighted by Crippen LogP contribution is -2.52. The fraction of sp³-hybridized carbons (Fsp3) is 0.577. The number of nitrogens with zero attached hydrogens (tertiary/aromatic N) is 4. The Morgan fingerprint density at radius 3 is 2.53 bits per heavy atom. The lowest BCUT2D eigenvalue weighted by atomic mass is 10.2. The van der Waals surface area contributed by atoms with Gasteiger partial charge in [-0.25, -0.2) is 13.4 Å². The fourth-order valence-corrected chi connectivity index (χ4v) is 7.18. The molecule has 1 aromatic heterocycles. The van der Waals surface area contributed by atoms with Gasteiger partial charge < -0.3 is 24.4 Å². The number of benzene rings is 1. The van der Waals surface area contributed by atoms with Crippen LogP contribution in [0.15, 0.2) is 30.5 Å². The molecule has 0 radical (unpaired) electrons. The normalized spacial score (nSPS) is 17.0. The summed E-state index contributed by atoms with van der Waals surface area (Å²) in [6.45, 7) is 5.72. The van der Waals surface area contributed by atoms with Gasteiger partial charge >= 0.3 is 0 Å². The number of carbonyl (C=O) groups excluding carboxylic acids is 2. The Kier molecular flexibility index (Phi) is 8.23. The molecule has 1 aromatic carbocycles. The zero-order valence-electron chi connectivity index (χ0n) is 22.4. The minimum atomic E-state index is -3.60. The summed E-state index contributed by atoms with van der Waals surface area (Å²) in [4.78, 5) is 33.9. The maximum Gasteiger partial charge on any atom is 0.287 e. The van der Waals surface area contributed by atoms with Crippen molar-refractivity contribution in [1.29, 1.82) is 0 Å². The number of amides is 2. The number of sulfone groups is 1. The summed E-state index contributed by atoms with van der Waals surface area (Å²) in [5.74, 6) is -0.543. The van der Waals surface area contributed by atoms with E-state index < -0.39 is 19.3 Å². The largest absolute Gasteiger partial charge is 0.379 e. The highest BCUT2D eigenvalue weighted by atomic mass is 35.5. The van der Waals surface area contributed by atoms with Crippen molar-refractivity contribution in [3.05, 3.63) is 52.6 Å². The molecule has 0 atom stereocenters. The van der Waals surface area contributed by atoms with E-state index >= 15 is 0 Å². The average Bonchev–Trinajstić information content (AvgIpc) is 3.53. The first-order chi connectivity index (χ1) is 17.9. The van der Waals surface area contributed by atoms with Gasteiger partial charge in [-0.05, 0) is 58.5 Å². The van der Waals surface area contributed by atoms with Gasteiger partial charge in [0.15, 0.2) is 15.7 Å². The van der Waals surface area contributed by atoms with Crippen LogP contribution in [0.2, 0.25) is 5.02 Å². The van der Waals surface area contributed by atoms with Crippen LogP contribution in [0.3, 0.4) is 0 Å². The van der Waals surface area contributed by atoms with Crippen molar-refractivity contribution in [1.82, 2.24) is 24.7 Å². The number of hydrogen-bond donors (Lipinski definition) is 1. The Bertz CT molecular complexity index is 1290. The van der Waals surface area contributed by atoms with Crippen molar-refractivity contribution >= 4 is 33.3 Å². The standard InChI is InChI=1S/C26H36ClN5O5S/c1-25(2,18-37-14-13-30(3)4)38(35,36)26(9-10-26)17-31-11-12-32-21(24(31)34)16-28-22(32)23(33)29-15-19-5-7-20(27)8-6-19/h5-8,16H,9-15,17-18H2,1-4H3,(H,29,33). The molecule has 2 heterocycles. The molecule has 1 N–H and O–H groups in total. The zero-order chi connectivity index (χ0) is 27.7. The van der Waals surface area contributed by atoms with Gasteiger partial charge in [-0.3, -0.25) is 9.59 Å². The smallest absolute Gasteiger partial charge is 0.287 e. The maximum atomic E-state index is 13.7. The van der Waals surface area contributed by atoms with Crippen LogP contribution in [0, 0.1) is 0 Å². The molecule has 10 nitrogen and oxygen atoms in total. The lowest BCUT2D eigenvalue weighted by Gasteiger charge is -2.35. The predicted octanol–water partition coefficient (Wildman–Crippen LogP) is 2.23. The van der Waals surface area contributed by atoms with Gasteiger partial charge in [0.2, 0.25) is 0 Å². The molecule has 4 rings (SSSR count). The van der Waals surface area contributed by atoms with E-state index in [1.807, 2.05) is 31.1 Å². The summed E-state index contributed by atoms with van der Waals surface area (Å²) < 4.78 is 32.6. The third kappa shape index (κ3) is 5.75. The number of carbonyl (C=O) groups is 2. The van der Waals surface area contributed by atoms with Crippen LogP contribution in [-0.4, -0.2) is 96.0 Å². The molecule has 2 amide bonds. The highest BCUT2D eigenvalue weighted by molar-refractivity contribution is 7.94. The van der Waals surface area contributed by atoms with E-state index in [9.17, 15) is 18.0 Å². The molecule has 12 heteroatoms. The Morgan fingerprint density at radius 2 is 1.89 bits per heavy atom. The van der Waals surface area contributed by atoms with Crippen molar-refractivity contribution in [3.8, 4) is 0 Å². The Hall–Kier alpha value is -2.47. The third-order valence-electron chi connectivity index (χ3n) is 7.24. The van der Waals surface area contributed by atoms with Crippen molar-refractivity contribution in [2.45, 2.75) is 49.3 Å². The number of nitrogens with one attached hydrogen (secondary N) is 1. The number of ether oxygens (including phenoxy) is 1. The second-order valence-electron chi connectivity index (χ2n) is 11.0. The van der Waals surface area contributed by atoms with E-state index in [1.54, 1.807) is 35.4 Å². The third-order valence-corrected chi connectivity index (χ3v) is 10.7. The van der Waals surface area contributed by atoms with Crippen LogP contribution in [0.1, 0.15) is 53.4 Å². The Balaban J connectivity index is 1.40. The topological polar surface area (TPSA) is 114 Å². The van der Waals surface area contributed by atoms with Crippen molar-refractivity contribution in [2.24, 2.45) is 0 Å². The number of aromatic nitrogens is 2. The summed E-state index contributed by atoms with van der Waals surface area (Å²) in [5.41, 5.74) is 1.17. The van der Waals surface area contributed by atoms with E-state index in [1.165, 1.54) is 6.20 Å². The first-order valence-corrected chi connectivity index (χ1v) is 14.6. The molecular formula is C26H36ClN5O5S. The van der Waals surface area contributed by atoms with Gasteiger partial charge in [0.1, 0.15) is 5.69 Å². The van der Waals surface area contributed by atoms with Gasteiger partial charge in [0.05, 0.1) is 28.9 Å². The number of rotatable bonds is 12. The van der Waals surface area contributed by atoms with Crippen LogP contribution in [0.4, 0.5) is 0 Å². The van der Waals surface area contributed by atoms with Gasteiger partial charge in [-0.15, -0.1) is 0 Å². The van der Waals surface area contributed by atoms with Crippen molar-refractivity contribution in [2.75, 3.05) is 46.9 Å². The van der Waals surface area contributed by atoms with Gasteiger partial charge in [0, 0.05) is 37.7 Å². The zero-order valence-corrected chi connectivity index (χ0v) is 23.9. The summed E-state index contributed by atoms with van der Waals surface area (Å²) in [6.07, 6.45) is 2.41. The molecule has 1 aliphatic heterocycles. The van der Waals surface area contributed by atoms with Crippen LogP contribution in [0.5, 0.6) is 0 Å². The maximum absolute atomic E-state index is 13.7. The molecule has 0 bridgehead atoms. The summed E-state index contributed by atoms with van der Waals surface area (Å²) >= 11 is 5.91. The molecule has 1 saturated carbocycles. The summed E-state index contributed by atoms with van der Waals surface area (Å²) in [7, 11) is 0.267. The van der Waals surface area contributed by atoms with Crippen LogP contribution < -0.4 is 5.32 Å².